The molecule has 0 saturated carbocycles. The fraction of sp³-hybridized carbons (Fsp3) is 0.737. The third-order valence-corrected chi connectivity index (χ3v) is 5.58. The van der Waals surface area contributed by atoms with Gasteiger partial charge in [0.25, 0.3) is 0 Å². The molecule has 1 aromatic rings. The molecule has 1 unspecified atom stereocenters. The van der Waals surface area contributed by atoms with Gasteiger partial charge in [0, 0.05) is 57.8 Å². The van der Waals surface area contributed by atoms with E-state index in [1.165, 1.54) is 4.88 Å². The second kappa shape index (κ2) is 11.2. The summed E-state index contributed by atoms with van der Waals surface area (Å²) in [5, 5.41) is 7.83. The van der Waals surface area contributed by atoms with E-state index in [1.807, 2.05) is 20.3 Å². The van der Waals surface area contributed by atoms with Gasteiger partial charge in [-0.05, 0) is 39.7 Å². The first-order valence-corrected chi connectivity index (χ1v) is 10.7. The first-order valence-electron chi connectivity index (χ1n) is 9.90. The summed E-state index contributed by atoms with van der Waals surface area (Å²) in [6.45, 7) is 8.51. The Morgan fingerprint density at radius 1 is 1.44 bits per heavy atom. The number of thiazole rings is 1. The Labute approximate surface area is 167 Å². The van der Waals surface area contributed by atoms with Crippen LogP contribution in [0.15, 0.2) is 11.2 Å². The van der Waals surface area contributed by atoms with Crippen molar-refractivity contribution in [1.29, 1.82) is 0 Å². The number of aromatic nitrogens is 1. The largest absolute Gasteiger partial charge is 0.357 e. The first kappa shape index (κ1) is 21.6. The maximum Gasteiger partial charge on any atom is 0.239 e. The van der Waals surface area contributed by atoms with Crippen molar-refractivity contribution in [2.45, 2.75) is 45.6 Å². The lowest BCUT2D eigenvalue weighted by Gasteiger charge is -2.25. The van der Waals surface area contributed by atoms with E-state index in [9.17, 15) is 4.79 Å². The predicted octanol–water partition coefficient (Wildman–Crippen LogP) is 1.49. The molecule has 1 aliphatic heterocycles. The molecule has 0 aliphatic carbocycles. The minimum atomic E-state index is 0.0529. The van der Waals surface area contributed by atoms with Crippen molar-refractivity contribution < 1.29 is 4.79 Å². The molecular weight excluding hydrogens is 360 g/mol. The Kier molecular flexibility index (Phi) is 9.00. The summed E-state index contributed by atoms with van der Waals surface area (Å²) in [6, 6.07) is 0.0529. The number of hydrogen-bond acceptors (Lipinski definition) is 5. The Morgan fingerprint density at radius 3 is 2.93 bits per heavy atom. The molecule has 0 aromatic carbocycles. The zero-order valence-electron chi connectivity index (χ0n) is 17.1. The molecule has 0 radical (unpaired) electrons. The summed E-state index contributed by atoms with van der Waals surface area (Å²) in [4.78, 5) is 26.6. The molecular formula is C19H34N6OS. The van der Waals surface area contributed by atoms with Gasteiger partial charge in [0.05, 0.1) is 11.0 Å². The third-order valence-electron chi connectivity index (χ3n) is 4.61. The number of nitrogens with one attached hydrogen (secondary N) is 2. The van der Waals surface area contributed by atoms with E-state index < -0.39 is 0 Å². The van der Waals surface area contributed by atoms with Crippen molar-refractivity contribution in [1.82, 2.24) is 25.4 Å². The number of likely N-dealkylation sites (N-methyl/N-ethyl adjacent to an activating group) is 1. The SMILES string of the molecule is CCNC(=NCCCN1CCCC1C(=O)N(C)C)NCCc1ncc(C)s1. The molecule has 1 amide bonds. The molecule has 0 bridgehead atoms. The molecule has 152 valence electrons. The number of carbonyl (C=O) groups is 1. The van der Waals surface area contributed by atoms with Crippen LogP contribution >= 0.6 is 11.3 Å². The molecule has 7 nitrogen and oxygen atoms in total. The van der Waals surface area contributed by atoms with E-state index in [-0.39, 0.29) is 11.9 Å². The van der Waals surface area contributed by atoms with Gasteiger partial charge in [-0.15, -0.1) is 11.3 Å². The van der Waals surface area contributed by atoms with Crippen molar-refractivity contribution in [3.8, 4) is 0 Å². The zero-order chi connectivity index (χ0) is 19.6. The maximum absolute atomic E-state index is 12.3. The highest BCUT2D eigenvalue weighted by atomic mass is 32.1. The number of hydrogen-bond donors (Lipinski definition) is 2. The van der Waals surface area contributed by atoms with Crippen LogP contribution in [0.4, 0.5) is 0 Å². The molecule has 2 N–H and O–H groups in total. The van der Waals surface area contributed by atoms with Crippen LogP contribution in [0, 0.1) is 6.92 Å². The van der Waals surface area contributed by atoms with Gasteiger partial charge in [-0.2, -0.15) is 0 Å². The summed E-state index contributed by atoms with van der Waals surface area (Å²) in [5.41, 5.74) is 0. The lowest BCUT2D eigenvalue weighted by Crippen LogP contribution is -2.43. The van der Waals surface area contributed by atoms with E-state index in [0.717, 1.165) is 69.4 Å². The number of amides is 1. The van der Waals surface area contributed by atoms with Gasteiger partial charge >= 0.3 is 0 Å². The number of aryl methyl sites for hydroxylation is 1. The lowest BCUT2D eigenvalue weighted by atomic mass is 10.2. The van der Waals surface area contributed by atoms with Gasteiger partial charge in [0.2, 0.25) is 5.91 Å². The number of likely N-dealkylation sites (tertiary alicyclic amines) is 1. The van der Waals surface area contributed by atoms with Gasteiger partial charge in [-0.1, -0.05) is 0 Å². The standard InChI is InChI=1S/C19H34N6OS/c1-5-20-19(22-11-9-17-23-14-15(2)27-17)21-10-7-13-25-12-6-8-16(25)18(26)24(3)4/h14,16H,5-13H2,1-4H3,(H2,20,21,22). The molecule has 2 heterocycles. The Morgan fingerprint density at radius 2 is 2.26 bits per heavy atom. The van der Waals surface area contributed by atoms with E-state index in [0.29, 0.717) is 0 Å². The van der Waals surface area contributed by atoms with E-state index >= 15 is 0 Å². The smallest absolute Gasteiger partial charge is 0.239 e. The third kappa shape index (κ3) is 7.10. The van der Waals surface area contributed by atoms with Crippen molar-refractivity contribution in [3.05, 3.63) is 16.1 Å². The van der Waals surface area contributed by atoms with Crippen LogP contribution in [0.1, 0.15) is 36.1 Å². The Bertz CT molecular complexity index is 615. The summed E-state index contributed by atoms with van der Waals surface area (Å²) in [5.74, 6) is 1.08. The number of aliphatic imine (C=N–C) groups is 1. The molecule has 1 saturated heterocycles. The molecule has 8 heteroatoms. The summed E-state index contributed by atoms with van der Waals surface area (Å²) < 4.78 is 0. The number of carbonyl (C=O) groups excluding carboxylic acids is 1. The Hall–Kier alpha value is -1.67. The fourth-order valence-corrected chi connectivity index (χ4v) is 4.07. The normalized spacial score (nSPS) is 17.9. The number of rotatable bonds is 9. The van der Waals surface area contributed by atoms with Crippen molar-refractivity contribution in [3.63, 3.8) is 0 Å². The molecule has 1 aromatic heterocycles. The summed E-state index contributed by atoms with van der Waals surface area (Å²) in [7, 11) is 3.68. The number of nitrogens with zero attached hydrogens (tertiary/aromatic N) is 4. The second-order valence-electron chi connectivity index (χ2n) is 7.08. The highest BCUT2D eigenvalue weighted by Gasteiger charge is 2.30. The fourth-order valence-electron chi connectivity index (χ4n) is 3.28. The molecule has 1 aliphatic rings. The van der Waals surface area contributed by atoms with Gasteiger partial charge in [-0.3, -0.25) is 14.7 Å². The van der Waals surface area contributed by atoms with Crippen LogP contribution in [0.3, 0.4) is 0 Å². The van der Waals surface area contributed by atoms with Crippen molar-refractivity contribution in [2.75, 3.05) is 46.8 Å². The van der Waals surface area contributed by atoms with Gasteiger partial charge in [0.1, 0.15) is 0 Å². The molecule has 27 heavy (non-hydrogen) atoms. The van der Waals surface area contributed by atoms with Crippen LogP contribution in [-0.4, -0.2) is 79.5 Å². The molecule has 0 spiro atoms. The zero-order valence-corrected chi connectivity index (χ0v) is 17.9. The van der Waals surface area contributed by atoms with Crippen molar-refractivity contribution >= 4 is 23.2 Å². The van der Waals surface area contributed by atoms with Gasteiger partial charge in [0.15, 0.2) is 5.96 Å². The highest BCUT2D eigenvalue weighted by Crippen LogP contribution is 2.18. The first-order chi connectivity index (χ1) is 13.0. The van der Waals surface area contributed by atoms with Gasteiger partial charge < -0.3 is 15.5 Å². The molecule has 1 atom stereocenters. The lowest BCUT2D eigenvalue weighted by molar-refractivity contribution is -0.133. The van der Waals surface area contributed by atoms with E-state index in [1.54, 1.807) is 16.2 Å². The average molecular weight is 395 g/mol. The summed E-state index contributed by atoms with van der Waals surface area (Å²) in [6.07, 6.45) is 5.87. The monoisotopic (exact) mass is 394 g/mol. The van der Waals surface area contributed by atoms with E-state index in [4.69, 9.17) is 0 Å². The van der Waals surface area contributed by atoms with Crippen LogP contribution in [0.25, 0.3) is 0 Å². The summed E-state index contributed by atoms with van der Waals surface area (Å²) >= 11 is 1.74. The minimum Gasteiger partial charge on any atom is -0.357 e. The number of guanidine groups is 1. The minimum absolute atomic E-state index is 0.0529. The van der Waals surface area contributed by atoms with E-state index in [2.05, 4.69) is 39.4 Å². The van der Waals surface area contributed by atoms with Crippen molar-refractivity contribution in [2.24, 2.45) is 4.99 Å². The van der Waals surface area contributed by atoms with Crippen LogP contribution in [-0.2, 0) is 11.2 Å². The molecule has 1 fully saturated rings. The quantitative estimate of drug-likeness (QED) is 0.377. The second-order valence-corrected chi connectivity index (χ2v) is 8.40. The van der Waals surface area contributed by atoms with Crippen LogP contribution in [0.5, 0.6) is 0 Å². The topological polar surface area (TPSA) is 72.9 Å². The maximum atomic E-state index is 12.3. The molecule has 2 rings (SSSR count). The average Bonchev–Trinajstić information content (AvgIpc) is 3.26. The van der Waals surface area contributed by atoms with Crippen LogP contribution < -0.4 is 10.6 Å². The van der Waals surface area contributed by atoms with Gasteiger partial charge in [-0.25, -0.2) is 4.98 Å². The highest BCUT2D eigenvalue weighted by molar-refractivity contribution is 7.11. The predicted molar refractivity (Wildman–Crippen MR) is 112 cm³/mol. The Balaban J connectivity index is 1.73. The van der Waals surface area contributed by atoms with Crippen LogP contribution in [0.2, 0.25) is 0 Å².